The Labute approximate surface area is 75.9 Å². The highest BCUT2D eigenvalue weighted by molar-refractivity contribution is 7.86. The number of hydrogen-bond acceptors (Lipinski definition) is 6. The van der Waals surface area contributed by atoms with E-state index in [1.165, 1.54) is 0 Å². The minimum absolute atomic E-state index is 0.0882. The van der Waals surface area contributed by atoms with Crippen LogP contribution in [0.1, 0.15) is 6.42 Å². The molecule has 0 atom stereocenters. The number of carbonyl (C=O) groups excluding carboxylic acids is 1. The number of aldehydes is 1. The smallest absolute Gasteiger partial charge is 0.287 e. The summed E-state index contributed by atoms with van der Waals surface area (Å²) in [7, 11) is -3.71. The second-order valence-electron chi connectivity index (χ2n) is 2.34. The first-order valence-electron chi connectivity index (χ1n) is 3.72. The molecule has 0 saturated carbocycles. The fourth-order valence-electron chi connectivity index (χ4n) is 0.753. The monoisotopic (exact) mass is 210 g/mol. The van der Waals surface area contributed by atoms with Crippen molar-refractivity contribution in [2.75, 3.05) is 19.0 Å². The molecule has 0 amide bonds. The molecule has 76 valence electrons. The molecular weight excluding hydrogens is 200 g/mol. The van der Waals surface area contributed by atoms with Crippen molar-refractivity contribution in [1.29, 1.82) is 0 Å². The molecule has 13 heavy (non-hydrogen) atoms. The van der Waals surface area contributed by atoms with E-state index in [1.54, 1.807) is 0 Å². The molecule has 0 bridgehead atoms. The van der Waals surface area contributed by atoms with Crippen LogP contribution in [-0.4, -0.2) is 40.1 Å². The first kappa shape index (κ1) is 10.6. The third-order valence-corrected chi connectivity index (χ3v) is 2.49. The molecule has 1 rings (SSSR count). The maximum atomic E-state index is 11.0. The molecule has 0 aliphatic carbocycles. The van der Waals surface area contributed by atoms with Crippen LogP contribution >= 0.6 is 0 Å². The zero-order chi connectivity index (χ0) is 9.73. The standard InChI is InChI=1S/C6H10O6S/c7-2-1-5-13(8,9)12-6-10-3-4-11-6/h2,6H,1,3-5H2. The summed E-state index contributed by atoms with van der Waals surface area (Å²) < 4.78 is 36.0. The average Bonchev–Trinajstić information content (AvgIpc) is 2.52. The molecule has 7 heteroatoms. The number of ether oxygens (including phenoxy) is 2. The van der Waals surface area contributed by atoms with Crippen molar-refractivity contribution >= 4 is 16.4 Å². The van der Waals surface area contributed by atoms with Crippen molar-refractivity contribution in [1.82, 2.24) is 0 Å². The van der Waals surface area contributed by atoms with E-state index in [-0.39, 0.29) is 12.2 Å². The first-order valence-corrected chi connectivity index (χ1v) is 5.29. The SMILES string of the molecule is O=CCCS(=O)(=O)OC1OCCO1. The highest BCUT2D eigenvalue weighted by Gasteiger charge is 2.23. The van der Waals surface area contributed by atoms with Crippen LogP contribution in [0.2, 0.25) is 0 Å². The van der Waals surface area contributed by atoms with E-state index < -0.39 is 16.6 Å². The maximum absolute atomic E-state index is 11.0. The molecule has 0 unspecified atom stereocenters. The Morgan fingerprint density at radius 2 is 2.00 bits per heavy atom. The largest absolute Gasteiger partial charge is 0.327 e. The first-order chi connectivity index (χ1) is 6.14. The fraction of sp³-hybridized carbons (Fsp3) is 0.833. The second-order valence-corrected chi connectivity index (χ2v) is 4.06. The van der Waals surface area contributed by atoms with E-state index in [0.717, 1.165) is 0 Å². The van der Waals surface area contributed by atoms with Gasteiger partial charge in [-0.2, -0.15) is 8.42 Å². The van der Waals surface area contributed by atoms with Crippen LogP contribution in [0.3, 0.4) is 0 Å². The zero-order valence-corrected chi connectivity index (χ0v) is 7.66. The van der Waals surface area contributed by atoms with Gasteiger partial charge in [0.25, 0.3) is 16.6 Å². The van der Waals surface area contributed by atoms with Gasteiger partial charge < -0.3 is 14.3 Å². The summed E-state index contributed by atoms with van der Waals surface area (Å²) in [6, 6.07) is 0. The van der Waals surface area contributed by atoms with Crippen LogP contribution in [0, 0.1) is 0 Å². The van der Waals surface area contributed by atoms with Crippen LogP contribution in [-0.2, 0) is 28.6 Å². The highest BCUT2D eigenvalue weighted by atomic mass is 32.2. The summed E-state index contributed by atoms with van der Waals surface area (Å²) in [4.78, 5) is 9.91. The van der Waals surface area contributed by atoms with Crippen molar-refractivity contribution in [3.63, 3.8) is 0 Å². The number of hydrogen-bond donors (Lipinski definition) is 0. The summed E-state index contributed by atoms with van der Waals surface area (Å²) in [5, 5.41) is 0. The van der Waals surface area contributed by atoms with Crippen LogP contribution in [0.4, 0.5) is 0 Å². The summed E-state index contributed by atoms with van der Waals surface area (Å²) in [5.74, 6) is -0.348. The lowest BCUT2D eigenvalue weighted by atomic mass is 10.6. The van der Waals surface area contributed by atoms with Gasteiger partial charge in [0.05, 0.1) is 19.0 Å². The van der Waals surface area contributed by atoms with Gasteiger partial charge in [0.15, 0.2) is 0 Å². The van der Waals surface area contributed by atoms with Crippen LogP contribution in [0.5, 0.6) is 0 Å². The fourth-order valence-corrected chi connectivity index (χ4v) is 1.58. The van der Waals surface area contributed by atoms with Gasteiger partial charge in [-0.15, -0.1) is 0 Å². The number of rotatable bonds is 5. The van der Waals surface area contributed by atoms with E-state index in [4.69, 9.17) is 9.47 Å². The minimum Gasteiger partial charge on any atom is -0.327 e. The predicted octanol–water partition coefficient (Wildman–Crippen LogP) is -0.748. The minimum atomic E-state index is -3.71. The highest BCUT2D eigenvalue weighted by Crippen LogP contribution is 2.09. The van der Waals surface area contributed by atoms with E-state index in [1.807, 2.05) is 0 Å². The molecule has 0 N–H and O–H groups in total. The lowest BCUT2D eigenvalue weighted by Crippen LogP contribution is -2.21. The third kappa shape index (κ3) is 3.81. The second kappa shape index (κ2) is 4.66. The molecule has 1 saturated heterocycles. The van der Waals surface area contributed by atoms with E-state index in [9.17, 15) is 13.2 Å². The van der Waals surface area contributed by atoms with Crippen molar-refractivity contribution < 1.29 is 26.9 Å². The summed E-state index contributed by atoms with van der Waals surface area (Å²) in [5.41, 5.74) is 0. The Bertz CT molecular complexity index is 252. The van der Waals surface area contributed by atoms with E-state index >= 15 is 0 Å². The Morgan fingerprint density at radius 1 is 1.38 bits per heavy atom. The van der Waals surface area contributed by atoms with E-state index in [0.29, 0.717) is 19.5 Å². The van der Waals surface area contributed by atoms with Crippen molar-refractivity contribution in [2.24, 2.45) is 0 Å². The summed E-state index contributed by atoms with van der Waals surface area (Å²) >= 11 is 0. The third-order valence-electron chi connectivity index (χ3n) is 1.30. The molecule has 1 fully saturated rings. The molecule has 6 nitrogen and oxygen atoms in total. The van der Waals surface area contributed by atoms with Crippen molar-refractivity contribution in [2.45, 2.75) is 12.9 Å². The van der Waals surface area contributed by atoms with Crippen LogP contribution in [0.15, 0.2) is 0 Å². The van der Waals surface area contributed by atoms with Gasteiger partial charge in [-0.1, -0.05) is 0 Å². The van der Waals surface area contributed by atoms with E-state index in [2.05, 4.69) is 4.18 Å². The summed E-state index contributed by atoms with van der Waals surface area (Å²) in [6.45, 7) is -0.515. The molecule has 0 aromatic rings. The molecule has 1 aliphatic heterocycles. The lowest BCUT2D eigenvalue weighted by molar-refractivity contribution is -0.173. The van der Waals surface area contributed by atoms with Gasteiger partial charge >= 0.3 is 0 Å². The lowest BCUT2D eigenvalue weighted by Gasteiger charge is -2.08. The molecule has 0 radical (unpaired) electrons. The Morgan fingerprint density at radius 3 is 2.54 bits per heavy atom. The molecule has 0 aromatic carbocycles. The number of carbonyl (C=O) groups is 1. The Kier molecular flexibility index (Phi) is 3.79. The van der Waals surface area contributed by atoms with Gasteiger partial charge in [0.1, 0.15) is 6.29 Å². The normalized spacial score (nSPS) is 19.1. The molecule has 1 heterocycles. The van der Waals surface area contributed by atoms with Crippen LogP contribution < -0.4 is 0 Å². The summed E-state index contributed by atoms with van der Waals surface area (Å²) in [6.07, 6.45) is 0.423. The van der Waals surface area contributed by atoms with Crippen LogP contribution in [0.25, 0.3) is 0 Å². The topological polar surface area (TPSA) is 78.9 Å². The van der Waals surface area contributed by atoms with Gasteiger partial charge in [-0.3, -0.25) is 0 Å². The van der Waals surface area contributed by atoms with Crippen molar-refractivity contribution in [3.05, 3.63) is 0 Å². The molecule has 1 aliphatic rings. The van der Waals surface area contributed by atoms with Gasteiger partial charge in [-0.05, 0) is 0 Å². The maximum Gasteiger partial charge on any atom is 0.287 e. The average molecular weight is 210 g/mol. The zero-order valence-electron chi connectivity index (χ0n) is 6.84. The van der Waals surface area contributed by atoms with Gasteiger partial charge in [-0.25, -0.2) is 4.18 Å². The quantitative estimate of drug-likeness (QED) is 0.439. The predicted molar refractivity (Wildman–Crippen MR) is 41.2 cm³/mol. The van der Waals surface area contributed by atoms with Gasteiger partial charge in [0.2, 0.25) is 0 Å². The molecule has 0 aromatic heterocycles. The molecular formula is C6H10O6S. The van der Waals surface area contributed by atoms with Crippen molar-refractivity contribution in [3.8, 4) is 0 Å². The Balaban J connectivity index is 2.36. The Hall–Kier alpha value is -0.500. The molecule has 0 spiro atoms. The van der Waals surface area contributed by atoms with Gasteiger partial charge in [0, 0.05) is 6.42 Å².